The molecule has 1 unspecified atom stereocenters. The third kappa shape index (κ3) is 3.27. The zero-order chi connectivity index (χ0) is 13.8. The highest BCUT2D eigenvalue weighted by molar-refractivity contribution is 6.36. The average molecular weight is 299 g/mol. The normalized spacial score (nSPS) is 12.4. The lowest BCUT2D eigenvalue weighted by Crippen LogP contribution is -2.10. The first kappa shape index (κ1) is 14.3. The van der Waals surface area contributed by atoms with Gasteiger partial charge in [-0.2, -0.15) is 0 Å². The van der Waals surface area contributed by atoms with E-state index in [0.717, 1.165) is 5.56 Å². The predicted molar refractivity (Wildman–Crippen MR) is 76.4 cm³/mol. The highest BCUT2D eigenvalue weighted by Crippen LogP contribution is 2.31. The van der Waals surface area contributed by atoms with E-state index in [1.807, 2.05) is 0 Å². The number of halogens is 3. The monoisotopic (exact) mass is 298 g/mol. The Morgan fingerprint density at radius 1 is 1.00 bits per heavy atom. The fourth-order valence-corrected chi connectivity index (χ4v) is 2.60. The summed E-state index contributed by atoms with van der Waals surface area (Å²) in [5.74, 6) is -0.691. The molecule has 0 aromatic heterocycles. The Bertz CT molecular complexity index is 552. The maximum atomic E-state index is 13.8. The van der Waals surface area contributed by atoms with Crippen LogP contribution in [0.4, 0.5) is 4.39 Å². The minimum Gasteiger partial charge on any atom is -0.396 e. The summed E-state index contributed by atoms with van der Waals surface area (Å²) in [6, 6.07) is 11.6. The van der Waals surface area contributed by atoms with Gasteiger partial charge in [-0.25, -0.2) is 4.39 Å². The molecule has 2 aromatic carbocycles. The third-order valence-corrected chi connectivity index (χ3v) is 3.79. The molecule has 2 rings (SSSR count). The van der Waals surface area contributed by atoms with Gasteiger partial charge in [-0.1, -0.05) is 47.5 Å². The fourth-order valence-electron chi connectivity index (χ4n) is 2.05. The smallest absolute Gasteiger partial charge is 0.126 e. The summed E-state index contributed by atoms with van der Waals surface area (Å²) in [7, 11) is 0. The Hall–Kier alpha value is -1.09. The van der Waals surface area contributed by atoms with Gasteiger partial charge in [0.1, 0.15) is 5.82 Å². The van der Waals surface area contributed by atoms with Gasteiger partial charge in [-0.3, -0.25) is 0 Å². The summed E-state index contributed by atoms with van der Waals surface area (Å²) >= 11 is 12.2. The number of rotatable bonds is 4. The molecule has 100 valence electrons. The van der Waals surface area contributed by atoms with Gasteiger partial charge in [0.2, 0.25) is 0 Å². The molecular weight excluding hydrogens is 286 g/mol. The summed E-state index contributed by atoms with van der Waals surface area (Å²) in [4.78, 5) is 0. The van der Waals surface area contributed by atoms with Crippen LogP contribution in [-0.4, -0.2) is 11.7 Å². The second-order valence-electron chi connectivity index (χ2n) is 4.31. The highest BCUT2D eigenvalue weighted by Gasteiger charge is 2.18. The van der Waals surface area contributed by atoms with Gasteiger partial charge in [-0.15, -0.1) is 0 Å². The third-order valence-electron chi connectivity index (χ3n) is 3.08. The lowest BCUT2D eigenvalue weighted by Gasteiger charge is -2.17. The quantitative estimate of drug-likeness (QED) is 0.884. The lowest BCUT2D eigenvalue weighted by atomic mass is 9.92. The molecule has 0 fully saturated rings. The minimum absolute atomic E-state index is 0.164. The molecule has 2 aromatic rings. The fraction of sp³-hybridized carbons (Fsp3) is 0.200. The standard InChI is InChI=1S/C15H13Cl2FO/c16-13-5-3-6-14(17)12(13)8-10(9-19)11-4-1-2-7-15(11)18/h1-7,10,19H,8-9H2. The van der Waals surface area contributed by atoms with Gasteiger partial charge < -0.3 is 5.11 Å². The van der Waals surface area contributed by atoms with E-state index >= 15 is 0 Å². The van der Waals surface area contributed by atoms with Crippen LogP contribution in [0, 0.1) is 5.82 Å². The second kappa shape index (κ2) is 6.38. The van der Waals surface area contributed by atoms with Crippen molar-refractivity contribution >= 4 is 23.2 Å². The Balaban J connectivity index is 2.32. The van der Waals surface area contributed by atoms with E-state index in [1.165, 1.54) is 6.07 Å². The molecule has 0 amide bonds. The van der Waals surface area contributed by atoms with E-state index in [-0.39, 0.29) is 18.3 Å². The molecule has 0 aliphatic heterocycles. The van der Waals surface area contributed by atoms with Crippen molar-refractivity contribution in [2.75, 3.05) is 6.61 Å². The van der Waals surface area contributed by atoms with E-state index < -0.39 is 0 Å². The van der Waals surface area contributed by atoms with Crippen LogP contribution in [0.1, 0.15) is 17.0 Å². The van der Waals surface area contributed by atoms with Crippen molar-refractivity contribution < 1.29 is 9.50 Å². The van der Waals surface area contributed by atoms with Gasteiger partial charge in [0.25, 0.3) is 0 Å². The van der Waals surface area contributed by atoms with E-state index in [4.69, 9.17) is 23.2 Å². The summed E-state index contributed by atoms with van der Waals surface area (Å²) in [5, 5.41) is 10.6. The molecule has 1 atom stereocenters. The van der Waals surface area contributed by atoms with Crippen LogP contribution in [0.3, 0.4) is 0 Å². The van der Waals surface area contributed by atoms with Gasteiger partial charge in [0.15, 0.2) is 0 Å². The number of aliphatic hydroxyl groups is 1. The molecule has 1 nitrogen and oxygen atoms in total. The Morgan fingerprint density at radius 3 is 2.21 bits per heavy atom. The highest BCUT2D eigenvalue weighted by atomic mass is 35.5. The number of benzene rings is 2. The molecule has 0 saturated carbocycles. The van der Waals surface area contributed by atoms with E-state index in [2.05, 4.69) is 0 Å². The van der Waals surface area contributed by atoms with E-state index in [9.17, 15) is 9.50 Å². The first-order valence-corrected chi connectivity index (χ1v) is 6.67. The van der Waals surface area contributed by atoms with E-state index in [0.29, 0.717) is 22.0 Å². The van der Waals surface area contributed by atoms with Gasteiger partial charge in [0, 0.05) is 16.0 Å². The zero-order valence-electron chi connectivity index (χ0n) is 10.1. The molecular formula is C15H13Cl2FO. The molecule has 1 N–H and O–H groups in total. The first-order valence-electron chi connectivity index (χ1n) is 5.91. The van der Waals surface area contributed by atoms with Crippen molar-refractivity contribution in [3.63, 3.8) is 0 Å². The molecule has 0 radical (unpaired) electrons. The Morgan fingerprint density at radius 2 is 1.63 bits per heavy atom. The first-order chi connectivity index (χ1) is 9.13. The Kier molecular flexibility index (Phi) is 4.81. The van der Waals surface area contributed by atoms with Gasteiger partial charge in [0.05, 0.1) is 6.61 Å². The molecule has 4 heteroatoms. The van der Waals surface area contributed by atoms with Crippen LogP contribution >= 0.6 is 23.2 Å². The molecule has 0 heterocycles. The van der Waals surface area contributed by atoms with Crippen molar-refractivity contribution in [2.45, 2.75) is 12.3 Å². The van der Waals surface area contributed by atoms with Crippen LogP contribution in [-0.2, 0) is 6.42 Å². The number of hydrogen-bond acceptors (Lipinski definition) is 1. The molecule has 0 saturated heterocycles. The summed E-state index contributed by atoms with van der Waals surface area (Å²) in [6.45, 7) is -0.164. The van der Waals surface area contributed by atoms with Crippen LogP contribution in [0.2, 0.25) is 10.0 Å². The Labute approximate surface area is 121 Å². The van der Waals surface area contributed by atoms with Crippen LogP contribution < -0.4 is 0 Å². The zero-order valence-corrected chi connectivity index (χ0v) is 11.6. The molecule has 0 bridgehead atoms. The average Bonchev–Trinajstić information content (AvgIpc) is 2.40. The molecule has 0 aliphatic carbocycles. The maximum absolute atomic E-state index is 13.8. The lowest BCUT2D eigenvalue weighted by molar-refractivity contribution is 0.262. The van der Waals surface area contributed by atoms with Crippen LogP contribution in [0.5, 0.6) is 0 Å². The second-order valence-corrected chi connectivity index (χ2v) is 5.12. The van der Waals surface area contributed by atoms with Crippen LogP contribution in [0.25, 0.3) is 0 Å². The van der Waals surface area contributed by atoms with Crippen molar-refractivity contribution in [3.05, 3.63) is 69.5 Å². The summed E-state index contributed by atoms with van der Waals surface area (Å²) in [6.07, 6.45) is 0.399. The molecule has 0 spiro atoms. The van der Waals surface area contributed by atoms with Crippen molar-refractivity contribution in [1.82, 2.24) is 0 Å². The summed E-state index contributed by atoms with van der Waals surface area (Å²) in [5.41, 5.74) is 1.20. The molecule has 0 aliphatic rings. The van der Waals surface area contributed by atoms with Crippen molar-refractivity contribution in [1.29, 1.82) is 0 Å². The summed E-state index contributed by atoms with van der Waals surface area (Å²) < 4.78 is 13.8. The van der Waals surface area contributed by atoms with E-state index in [1.54, 1.807) is 36.4 Å². The van der Waals surface area contributed by atoms with Crippen LogP contribution in [0.15, 0.2) is 42.5 Å². The number of hydrogen-bond donors (Lipinski definition) is 1. The van der Waals surface area contributed by atoms with Gasteiger partial charge in [-0.05, 0) is 35.7 Å². The number of aliphatic hydroxyl groups excluding tert-OH is 1. The topological polar surface area (TPSA) is 20.2 Å². The SMILES string of the molecule is OCC(Cc1c(Cl)cccc1Cl)c1ccccc1F. The van der Waals surface area contributed by atoms with Crippen molar-refractivity contribution in [3.8, 4) is 0 Å². The minimum atomic E-state index is -0.362. The molecule has 19 heavy (non-hydrogen) atoms. The maximum Gasteiger partial charge on any atom is 0.126 e. The van der Waals surface area contributed by atoms with Gasteiger partial charge >= 0.3 is 0 Å². The largest absolute Gasteiger partial charge is 0.396 e. The predicted octanol–water partition coefficient (Wildman–Crippen LogP) is 4.45. The van der Waals surface area contributed by atoms with Crippen molar-refractivity contribution in [2.24, 2.45) is 0 Å².